The minimum absolute atomic E-state index is 0.732. The summed E-state index contributed by atoms with van der Waals surface area (Å²) in [5, 5.41) is 5.27. The van der Waals surface area contributed by atoms with Crippen LogP contribution in [0, 0.1) is 0 Å². The number of hydrogen-bond donors (Lipinski definition) is 1. The third kappa shape index (κ3) is 2.61. The maximum absolute atomic E-state index is 4.49. The van der Waals surface area contributed by atoms with Crippen molar-refractivity contribution in [2.24, 2.45) is 0 Å². The molecule has 2 rings (SSSR count). The van der Waals surface area contributed by atoms with Crippen LogP contribution in [-0.4, -0.2) is 16.5 Å². The highest BCUT2D eigenvalue weighted by Crippen LogP contribution is 2.21. The van der Waals surface area contributed by atoms with Crippen LogP contribution in [-0.2, 0) is 6.54 Å². The molecule has 0 spiro atoms. The van der Waals surface area contributed by atoms with Gasteiger partial charge in [-0.15, -0.1) is 11.3 Å². The highest BCUT2D eigenvalue weighted by molar-refractivity contribution is 7.13. The Hall–Kier alpha value is -1.26. The van der Waals surface area contributed by atoms with E-state index in [1.807, 2.05) is 18.3 Å². The quantitative estimate of drug-likeness (QED) is 0.857. The van der Waals surface area contributed by atoms with Crippen molar-refractivity contribution in [3.63, 3.8) is 0 Å². The lowest BCUT2D eigenvalue weighted by Crippen LogP contribution is -2.14. The van der Waals surface area contributed by atoms with E-state index in [0.29, 0.717) is 0 Å². The molecule has 2 aromatic rings. The Morgan fingerprint density at radius 2 is 2.33 bits per heavy atom. The second kappa shape index (κ2) is 5.00. The number of nitrogens with one attached hydrogen (secondary N) is 1. The Morgan fingerprint density at radius 1 is 1.40 bits per heavy atom. The fourth-order valence-electron chi connectivity index (χ4n) is 1.28. The van der Waals surface area contributed by atoms with Gasteiger partial charge in [0.15, 0.2) is 0 Å². The van der Waals surface area contributed by atoms with Crippen LogP contribution in [0.1, 0.15) is 12.7 Å². The molecule has 0 aromatic carbocycles. The van der Waals surface area contributed by atoms with Gasteiger partial charge < -0.3 is 5.32 Å². The average molecular weight is 219 g/mol. The molecule has 4 heteroatoms. The van der Waals surface area contributed by atoms with E-state index in [2.05, 4.69) is 33.7 Å². The minimum atomic E-state index is 0.732. The molecular weight excluding hydrogens is 206 g/mol. The average Bonchev–Trinajstić information content (AvgIpc) is 2.80. The van der Waals surface area contributed by atoms with Crippen molar-refractivity contribution in [1.29, 1.82) is 0 Å². The fourth-order valence-corrected chi connectivity index (χ4v) is 1.98. The topological polar surface area (TPSA) is 37.8 Å². The van der Waals surface area contributed by atoms with Crippen LogP contribution in [0.4, 0.5) is 0 Å². The molecule has 15 heavy (non-hydrogen) atoms. The Balaban J connectivity index is 2.19. The summed E-state index contributed by atoms with van der Waals surface area (Å²) in [6.45, 7) is 3.74. The first-order chi connectivity index (χ1) is 7.40. The van der Waals surface area contributed by atoms with Crippen LogP contribution >= 0.6 is 11.3 Å². The molecular formula is C11H13N3S. The van der Waals surface area contributed by atoms with Crippen LogP contribution in [0.25, 0.3) is 10.6 Å². The predicted molar refractivity (Wildman–Crippen MR) is 62.7 cm³/mol. The molecule has 78 valence electrons. The molecule has 0 aliphatic carbocycles. The van der Waals surface area contributed by atoms with E-state index in [0.717, 1.165) is 24.6 Å². The zero-order valence-electron chi connectivity index (χ0n) is 8.60. The van der Waals surface area contributed by atoms with Gasteiger partial charge in [-0.05, 0) is 24.1 Å². The fraction of sp³-hybridized carbons (Fsp3) is 0.273. The van der Waals surface area contributed by atoms with Crippen LogP contribution in [0.3, 0.4) is 0 Å². The summed E-state index contributed by atoms with van der Waals surface area (Å²) in [6.07, 6.45) is 1.81. The zero-order valence-corrected chi connectivity index (χ0v) is 9.42. The van der Waals surface area contributed by atoms with Crippen LogP contribution < -0.4 is 5.32 Å². The van der Waals surface area contributed by atoms with Gasteiger partial charge in [-0.25, -0.2) is 9.97 Å². The third-order valence-corrected chi connectivity index (χ3v) is 2.90. The summed E-state index contributed by atoms with van der Waals surface area (Å²) in [6, 6.07) is 6.05. The molecule has 3 nitrogen and oxygen atoms in total. The molecule has 2 heterocycles. The van der Waals surface area contributed by atoms with Crippen LogP contribution in [0.5, 0.6) is 0 Å². The van der Waals surface area contributed by atoms with E-state index < -0.39 is 0 Å². The number of thiophene rings is 1. The van der Waals surface area contributed by atoms with Crippen LogP contribution in [0.2, 0.25) is 0 Å². The number of nitrogens with zero attached hydrogens (tertiary/aromatic N) is 2. The maximum atomic E-state index is 4.49. The van der Waals surface area contributed by atoms with Crippen molar-refractivity contribution in [2.75, 3.05) is 6.54 Å². The highest BCUT2D eigenvalue weighted by Gasteiger charge is 2.01. The van der Waals surface area contributed by atoms with E-state index in [4.69, 9.17) is 0 Å². The lowest BCUT2D eigenvalue weighted by atomic mass is 10.3. The summed E-state index contributed by atoms with van der Waals surface area (Å²) >= 11 is 1.70. The van der Waals surface area contributed by atoms with Gasteiger partial charge in [0.25, 0.3) is 0 Å². The van der Waals surface area contributed by atoms with Gasteiger partial charge >= 0.3 is 0 Å². The first kappa shape index (κ1) is 10.3. The number of aromatic nitrogens is 2. The first-order valence-corrected chi connectivity index (χ1v) is 5.84. The summed E-state index contributed by atoms with van der Waals surface area (Å²) < 4.78 is 0. The first-order valence-electron chi connectivity index (χ1n) is 4.96. The van der Waals surface area contributed by atoms with Gasteiger partial charge in [-0.2, -0.15) is 0 Å². The SMILES string of the molecule is CCNCc1nccc(-c2cccs2)n1. The molecule has 0 fully saturated rings. The van der Waals surface area contributed by atoms with E-state index in [-0.39, 0.29) is 0 Å². The lowest BCUT2D eigenvalue weighted by Gasteiger charge is -2.02. The van der Waals surface area contributed by atoms with Crippen molar-refractivity contribution >= 4 is 11.3 Å². The second-order valence-electron chi connectivity index (χ2n) is 3.12. The van der Waals surface area contributed by atoms with Crippen molar-refractivity contribution in [2.45, 2.75) is 13.5 Å². The standard InChI is InChI=1S/C11H13N3S/c1-2-12-8-11-13-6-5-9(14-11)10-4-3-7-15-10/h3-7,12H,2,8H2,1H3. The summed E-state index contributed by atoms with van der Waals surface area (Å²) in [5.41, 5.74) is 1.01. The van der Waals surface area contributed by atoms with E-state index in [9.17, 15) is 0 Å². The Kier molecular flexibility index (Phi) is 3.42. The highest BCUT2D eigenvalue weighted by atomic mass is 32.1. The molecule has 0 atom stereocenters. The Labute approximate surface area is 93.2 Å². The molecule has 1 N–H and O–H groups in total. The van der Waals surface area contributed by atoms with Crippen molar-refractivity contribution < 1.29 is 0 Å². The zero-order chi connectivity index (χ0) is 10.5. The molecule has 0 radical (unpaired) electrons. The second-order valence-corrected chi connectivity index (χ2v) is 4.06. The van der Waals surface area contributed by atoms with Crippen molar-refractivity contribution in [3.05, 3.63) is 35.6 Å². The van der Waals surface area contributed by atoms with Crippen molar-refractivity contribution in [3.8, 4) is 10.6 Å². The Bertz CT molecular complexity index is 412. The van der Waals surface area contributed by atoms with Gasteiger partial charge in [0.2, 0.25) is 0 Å². The summed E-state index contributed by atoms with van der Waals surface area (Å²) in [5.74, 6) is 0.850. The lowest BCUT2D eigenvalue weighted by molar-refractivity contribution is 0.691. The molecule has 0 unspecified atom stereocenters. The molecule has 0 aliphatic heterocycles. The van der Waals surface area contributed by atoms with Gasteiger partial charge in [0.1, 0.15) is 5.82 Å². The third-order valence-electron chi connectivity index (χ3n) is 2.01. The van der Waals surface area contributed by atoms with Gasteiger partial charge in [0.05, 0.1) is 17.1 Å². The molecule has 0 saturated carbocycles. The van der Waals surface area contributed by atoms with Gasteiger partial charge in [-0.1, -0.05) is 13.0 Å². The van der Waals surface area contributed by atoms with E-state index in [1.54, 1.807) is 11.3 Å². The largest absolute Gasteiger partial charge is 0.310 e. The number of rotatable bonds is 4. The van der Waals surface area contributed by atoms with Gasteiger partial charge in [0, 0.05) is 6.20 Å². The predicted octanol–water partition coefficient (Wildman–Crippen LogP) is 2.31. The molecule has 0 amide bonds. The van der Waals surface area contributed by atoms with E-state index >= 15 is 0 Å². The number of hydrogen-bond acceptors (Lipinski definition) is 4. The monoisotopic (exact) mass is 219 g/mol. The molecule has 2 aromatic heterocycles. The van der Waals surface area contributed by atoms with Crippen molar-refractivity contribution in [1.82, 2.24) is 15.3 Å². The summed E-state index contributed by atoms with van der Waals surface area (Å²) in [7, 11) is 0. The molecule has 0 aliphatic rings. The smallest absolute Gasteiger partial charge is 0.142 e. The molecule has 0 saturated heterocycles. The minimum Gasteiger partial charge on any atom is -0.310 e. The van der Waals surface area contributed by atoms with Crippen LogP contribution in [0.15, 0.2) is 29.8 Å². The summed E-state index contributed by atoms with van der Waals surface area (Å²) in [4.78, 5) is 9.90. The van der Waals surface area contributed by atoms with Gasteiger partial charge in [-0.3, -0.25) is 0 Å². The maximum Gasteiger partial charge on any atom is 0.142 e. The normalized spacial score (nSPS) is 10.5. The van der Waals surface area contributed by atoms with E-state index in [1.165, 1.54) is 4.88 Å². The molecule has 0 bridgehead atoms. The Morgan fingerprint density at radius 3 is 3.07 bits per heavy atom.